The summed E-state index contributed by atoms with van der Waals surface area (Å²) in [5.41, 5.74) is 4.40. The van der Waals surface area contributed by atoms with Gasteiger partial charge in [-0.1, -0.05) is 120 Å². The van der Waals surface area contributed by atoms with Crippen LogP contribution in [-0.2, 0) is 4.79 Å². The van der Waals surface area contributed by atoms with Crippen LogP contribution in [0.15, 0.2) is 109 Å². The Bertz CT molecular complexity index is 1250. The zero-order valence-electron chi connectivity index (χ0n) is 20.6. The van der Waals surface area contributed by atoms with Gasteiger partial charge in [0.15, 0.2) is 0 Å². The van der Waals surface area contributed by atoms with Crippen molar-refractivity contribution in [1.29, 1.82) is 0 Å². The van der Waals surface area contributed by atoms with Gasteiger partial charge < -0.3 is 4.90 Å². The van der Waals surface area contributed by atoms with Crippen molar-refractivity contribution in [2.24, 2.45) is 0 Å². The van der Waals surface area contributed by atoms with Gasteiger partial charge in [-0.3, -0.25) is 9.69 Å². The summed E-state index contributed by atoms with van der Waals surface area (Å²) in [7, 11) is 0. The van der Waals surface area contributed by atoms with Gasteiger partial charge in [-0.05, 0) is 28.8 Å². The predicted octanol–water partition coefficient (Wildman–Crippen LogP) is 7.45. The minimum absolute atomic E-state index is 0.0342. The van der Waals surface area contributed by atoms with Crippen LogP contribution in [0.1, 0.15) is 40.6 Å². The molecule has 0 aromatic heterocycles. The van der Waals surface area contributed by atoms with E-state index < -0.39 is 0 Å². The van der Waals surface area contributed by atoms with Crippen LogP contribution in [0.2, 0.25) is 10.0 Å². The second kappa shape index (κ2) is 12.0. The molecule has 4 aromatic rings. The number of nitrogens with zero attached hydrogens (tertiary/aromatic N) is 2. The molecular weight excluding hydrogens is 499 g/mol. The van der Waals surface area contributed by atoms with Crippen LogP contribution < -0.4 is 0 Å². The van der Waals surface area contributed by atoms with Crippen LogP contribution in [0.5, 0.6) is 0 Å². The Labute approximate surface area is 229 Å². The fourth-order valence-corrected chi connectivity index (χ4v) is 5.90. The lowest BCUT2D eigenvalue weighted by Crippen LogP contribution is -2.50. The number of amides is 1. The Morgan fingerprint density at radius 2 is 1.08 bits per heavy atom. The average molecular weight is 530 g/mol. The van der Waals surface area contributed by atoms with E-state index in [4.69, 9.17) is 23.2 Å². The third-order valence-corrected chi connectivity index (χ3v) is 7.86. The molecule has 5 rings (SSSR count). The normalized spacial score (nSPS) is 15.1. The van der Waals surface area contributed by atoms with Gasteiger partial charge in [-0.2, -0.15) is 0 Å². The summed E-state index contributed by atoms with van der Waals surface area (Å²) in [5, 5.41) is 1.32. The maximum absolute atomic E-state index is 13.5. The van der Waals surface area contributed by atoms with E-state index >= 15 is 0 Å². The van der Waals surface area contributed by atoms with Gasteiger partial charge in [0.05, 0.1) is 6.04 Å². The SMILES string of the molecule is O=C(CC(c1ccccc1)c1ccccc1)N1CCN(C(c2ccccc2)c2c(Cl)cccc2Cl)CC1. The Morgan fingerprint density at radius 1 is 0.622 bits per heavy atom. The fourth-order valence-electron chi connectivity index (χ4n) is 5.30. The van der Waals surface area contributed by atoms with Gasteiger partial charge in [0.2, 0.25) is 5.91 Å². The Balaban J connectivity index is 1.33. The highest BCUT2D eigenvalue weighted by atomic mass is 35.5. The molecule has 0 radical (unpaired) electrons. The van der Waals surface area contributed by atoms with Gasteiger partial charge in [0.1, 0.15) is 0 Å². The van der Waals surface area contributed by atoms with Crippen molar-refractivity contribution in [3.05, 3.63) is 141 Å². The van der Waals surface area contributed by atoms with E-state index in [9.17, 15) is 4.79 Å². The summed E-state index contributed by atoms with van der Waals surface area (Å²) in [6.45, 7) is 2.82. The standard InChI is InChI=1S/C32H30Cl2N2O/c33-28-17-10-18-29(34)31(28)32(26-15-8-3-9-16-26)36-21-19-35(20-22-36)30(37)23-27(24-11-4-1-5-12-24)25-13-6-2-7-14-25/h1-18,27,32H,19-23H2. The second-order valence-corrected chi connectivity index (χ2v) is 10.3. The lowest BCUT2D eigenvalue weighted by atomic mass is 9.88. The Kier molecular flexibility index (Phi) is 8.25. The van der Waals surface area contributed by atoms with Gasteiger partial charge in [-0.15, -0.1) is 0 Å². The number of halogens is 2. The van der Waals surface area contributed by atoms with Crippen LogP contribution in [-0.4, -0.2) is 41.9 Å². The first-order valence-electron chi connectivity index (χ1n) is 12.7. The molecule has 1 amide bonds. The average Bonchev–Trinajstić information content (AvgIpc) is 2.95. The van der Waals surface area contributed by atoms with E-state index in [2.05, 4.69) is 41.3 Å². The zero-order chi connectivity index (χ0) is 25.6. The van der Waals surface area contributed by atoms with E-state index in [-0.39, 0.29) is 17.9 Å². The second-order valence-electron chi connectivity index (χ2n) is 9.44. The fraction of sp³-hybridized carbons (Fsp3) is 0.219. The van der Waals surface area contributed by atoms with E-state index in [1.54, 1.807) is 0 Å². The number of hydrogen-bond donors (Lipinski definition) is 0. The summed E-state index contributed by atoms with van der Waals surface area (Å²) in [6.07, 6.45) is 0.451. The van der Waals surface area contributed by atoms with Gasteiger partial charge in [-0.25, -0.2) is 0 Å². The molecule has 1 aliphatic heterocycles. The first-order chi connectivity index (χ1) is 18.1. The highest BCUT2D eigenvalue weighted by Crippen LogP contribution is 2.38. The van der Waals surface area contributed by atoms with Crippen LogP contribution in [0.3, 0.4) is 0 Å². The molecule has 1 saturated heterocycles. The molecule has 188 valence electrons. The molecule has 1 aliphatic rings. The molecule has 4 aromatic carbocycles. The topological polar surface area (TPSA) is 23.6 Å². The number of benzene rings is 4. The Hall–Kier alpha value is -3.11. The molecule has 1 fully saturated rings. The lowest BCUT2D eigenvalue weighted by molar-refractivity contribution is -0.133. The molecule has 37 heavy (non-hydrogen) atoms. The number of hydrogen-bond acceptors (Lipinski definition) is 2. The van der Waals surface area contributed by atoms with Crippen LogP contribution in [0, 0.1) is 0 Å². The summed E-state index contributed by atoms with van der Waals surface area (Å²) in [6, 6.07) is 36.6. The van der Waals surface area contributed by atoms with Crippen molar-refractivity contribution in [2.75, 3.05) is 26.2 Å². The summed E-state index contributed by atoms with van der Waals surface area (Å²) < 4.78 is 0. The molecule has 3 nitrogen and oxygen atoms in total. The van der Waals surface area contributed by atoms with E-state index in [1.807, 2.05) is 77.7 Å². The molecule has 0 N–H and O–H groups in total. The number of rotatable bonds is 7. The first-order valence-corrected chi connectivity index (χ1v) is 13.5. The van der Waals surface area contributed by atoms with Gasteiger partial charge in [0, 0.05) is 54.1 Å². The Morgan fingerprint density at radius 3 is 1.57 bits per heavy atom. The molecule has 0 bridgehead atoms. The van der Waals surface area contributed by atoms with Crippen LogP contribution in [0.4, 0.5) is 0 Å². The minimum Gasteiger partial charge on any atom is -0.340 e. The quantitative estimate of drug-likeness (QED) is 0.248. The highest BCUT2D eigenvalue weighted by molar-refractivity contribution is 6.36. The summed E-state index contributed by atoms with van der Waals surface area (Å²) >= 11 is 13.3. The molecule has 1 atom stereocenters. The molecule has 0 aliphatic carbocycles. The lowest BCUT2D eigenvalue weighted by Gasteiger charge is -2.40. The first kappa shape index (κ1) is 25.5. The van der Waals surface area contributed by atoms with Crippen molar-refractivity contribution in [1.82, 2.24) is 9.80 Å². The molecule has 0 spiro atoms. The number of piperazine rings is 1. The molecule has 5 heteroatoms. The summed E-state index contributed by atoms with van der Waals surface area (Å²) in [5.74, 6) is 0.219. The zero-order valence-corrected chi connectivity index (χ0v) is 22.2. The van der Waals surface area contributed by atoms with Gasteiger partial charge in [0.25, 0.3) is 0 Å². The van der Waals surface area contributed by atoms with Crippen molar-refractivity contribution >= 4 is 29.1 Å². The number of carbonyl (C=O) groups is 1. The van der Waals surface area contributed by atoms with E-state index in [1.165, 1.54) is 0 Å². The van der Waals surface area contributed by atoms with E-state index in [0.29, 0.717) is 29.6 Å². The van der Waals surface area contributed by atoms with Crippen molar-refractivity contribution in [3.8, 4) is 0 Å². The monoisotopic (exact) mass is 528 g/mol. The molecule has 1 heterocycles. The van der Waals surface area contributed by atoms with Crippen molar-refractivity contribution in [3.63, 3.8) is 0 Å². The maximum atomic E-state index is 13.5. The molecular formula is C32H30Cl2N2O. The largest absolute Gasteiger partial charge is 0.340 e. The molecule has 1 unspecified atom stereocenters. The minimum atomic E-state index is -0.0685. The smallest absolute Gasteiger partial charge is 0.223 e. The maximum Gasteiger partial charge on any atom is 0.223 e. The highest BCUT2D eigenvalue weighted by Gasteiger charge is 2.31. The van der Waals surface area contributed by atoms with Crippen LogP contribution >= 0.6 is 23.2 Å². The third kappa shape index (κ3) is 5.91. The van der Waals surface area contributed by atoms with Crippen LogP contribution in [0.25, 0.3) is 0 Å². The number of carbonyl (C=O) groups excluding carboxylic acids is 1. The summed E-state index contributed by atoms with van der Waals surface area (Å²) in [4.78, 5) is 17.9. The molecule has 0 saturated carbocycles. The van der Waals surface area contributed by atoms with Crippen molar-refractivity contribution in [2.45, 2.75) is 18.4 Å². The third-order valence-electron chi connectivity index (χ3n) is 7.20. The van der Waals surface area contributed by atoms with Gasteiger partial charge >= 0.3 is 0 Å². The van der Waals surface area contributed by atoms with E-state index in [0.717, 1.165) is 35.3 Å². The van der Waals surface area contributed by atoms with Crippen molar-refractivity contribution < 1.29 is 4.79 Å². The predicted molar refractivity (Wildman–Crippen MR) is 152 cm³/mol.